The largest absolute Gasteiger partial charge is 0.292 e. The lowest BCUT2D eigenvalue weighted by molar-refractivity contribution is -0.387. The molecule has 0 saturated heterocycles. The molecule has 104 valence electrons. The maximum absolute atomic E-state index is 12.1. The van der Waals surface area contributed by atoms with Gasteiger partial charge in [-0.15, -0.1) is 11.3 Å². The molecule has 0 amide bonds. The number of nitro groups is 1. The van der Waals surface area contributed by atoms with Crippen LogP contribution in [0, 0.1) is 10.1 Å². The van der Waals surface area contributed by atoms with Gasteiger partial charge in [0.1, 0.15) is 4.90 Å². The second-order valence-corrected chi connectivity index (χ2v) is 7.62. The molecule has 2 rings (SSSR count). The zero-order valence-corrected chi connectivity index (χ0v) is 13.2. The van der Waals surface area contributed by atoms with Gasteiger partial charge in [0.25, 0.3) is 5.69 Å². The summed E-state index contributed by atoms with van der Waals surface area (Å²) in [6, 6.07) is 9.11. The van der Waals surface area contributed by atoms with E-state index < -0.39 is 15.7 Å². The zero-order chi connectivity index (χ0) is 14.7. The fourth-order valence-electron chi connectivity index (χ4n) is 1.53. The normalized spacial score (nSPS) is 12.1. The molecule has 1 aromatic carbocycles. The predicted octanol–water partition coefficient (Wildman–Crippen LogP) is 3.41. The molecule has 1 atom stereocenters. The topological polar surface area (TPSA) is 77.3 Å². The van der Waals surface area contributed by atoms with Crippen LogP contribution in [0.4, 0.5) is 5.69 Å². The van der Waals surface area contributed by atoms with Gasteiger partial charge in [-0.2, -0.15) is 0 Å². The molecule has 1 unspecified atom stereocenters. The van der Waals surface area contributed by atoms with Crippen molar-refractivity contribution < 1.29 is 13.9 Å². The minimum Gasteiger partial charge on any atom is -0.292 e. The molecule has 0 bridgehead atoms. The van der Waals surface area contributed by atoms with E-state index in [0.29, 0.717) is 4.88 Å². The van der Waals surface area contributed by atoms with Crippen molar-refractivity contribution in [3.63, 3.8) is 0 Å². The quantitative estimate of drug-likeness (QED) is 0.457. The smallest absolute Gasteiger partial charge is 0.285 e. The molecular weight excluding hydrogens is 366 g/mol. The molecule has 0 N–H and O–H groups in total. The molecule has 0 fully saturated rings. The lowest BCUT2D eigenvalue weighted by atomic mass is 10.3. The molecule has 0 radical (unpaired) electrons. The van der Waals surface area contributed by atoms with Gasteiger partial charge in [0, 0.05) is 6.07 Å². The van der Waals surface area contributed by atoms with E-state index >= 15 is 0 Å². The molecule has 20 heavy (non-hydrogen) atoms. The second-order valence-electron chi connectivity index (χ2n) is 3.74. The van der Waals surface area contributed by atoms with E-state index in [4.69, 9.17) is 0 Å². The zero-order valence-electron chi connectivity index (χ0n) is 9.95. The van der Waals surface area contributed by atoms with Crippen molar-refractivity contribution in [1.29, 1.82) is 0 Å². The number of halogens is 1. The van der Waals surface area contributed by atoms with Crippen molar-refractivity contribution in [1.82, 2.24) is 0 Å². The summed E-state index contributed by atoms with van der Waals surface area (Å²) in [7, 11) is -1.74. The van der Waals surface area contributed by atoms with E-state index in [1.165, 1.54) is 29.5 Å². The van der Waals surface area contributed by atoms with Crippen molar-refractivity contribution in [2.24, 2.45) is 0 Å². The Balaban J connectivity index is 2.21. The number of carbonyl (C=O) groups excluding carboxylic acids is 1. The SMILES string of the molecule is O=C(CS(=O)c1ccccc1[N+](=O)[O-])c1ccc(Br)s1. The summed E-state index contributed by atoms with van der Waals surface area (Å²) in [6.45, 7) is 0. The van der Waals surface area contributed by atoms with Gasteiger partial charge < -0.3 is 0 Å². The number of thiophene rings is 1. The summed E-state index contributed by atoms with van der Waals surface area (Å²) in [4.78, 5) is 22.8. The lowest BCUT2D eigenvalue weighted by Gasteiger charge is -2.02. The van der Waals surface area contributed by atoms with Crippen LogP contribution in [-0.4, -0.2) is 20.7 Å². The molecule has 0 aliphatic rings. The number of nitrogens with zero attached hydrogens (tertiary/aromatic N) is 1. The van der Waals surface area contributed by atoms with Crippen LogP contribution in [0.15, 0.2) is 45.1 Å². The van der Waals surface area contributed by atoms with Gasteiger partial charge in [-0.3, -0.25) is 19.1 Å². The fraction of sp³-hybridized carbons (Fsp3) is 0.0833. The summed E-state index contributed by atoms with van der Waals surface area (Å²) in [5, 5.41) is 10.9. The number of benzene rings is 1. The highest BCUT2D eigenvalue weighted by Gasteiger charge is 2.21. The van der Waals surface area contributed by atoms with Gasteiger partial charge in [-0.05, 0) is 34.1 Å². The van der Waals surface area contributed by atoms with Crippen molar-refractivity contribution >= 4 is 49.5 Å². The molecule has 1 heterocycles. The van der Waals surface area contributed by atoms with Crippen LogP contribution in [0.1, 0.15) is 9.67 Å². The monoisotopic (exact) mass is 373 g/mol. The molecule has 0 saturated carbocycles. The van der Waals surface area contributed by atoms with Gasteiger partial charge in [0.05, 0.1) is 30.1 Å². The van der Waals surface area contributed by atoms with E-state index in [2.05, 4.69) is 15.9 Å². The Kier molecular flexibility index (Phi) is 4.79. The first kappa shape index (κ1) is 15.0. The number of rotatable bonds is 5. The number of carbonyl (C=O) groups is 1. The number of hydrogen-bond acceptors (Lipinski definition) is 5. The predicted molar refractivity (Wildman–Crippen MR) is 80.7 cm³/mol. The molecule has 0 aliphatic heterocycles. The Morgan fingerprint density at radius 2 is 2.00 bits per heavy atom. The van der Waals surface area contributed by atoms with Crippen LogP contribution in [-0.2, 0) is 10.8 Å². The number of para-hydroxylation sites is 1. The lowest BCUT2D eigenvalue weighted by Crippen LogP contribution is -2.11. The van der Waals surface area contributed by atoms with Gasteiger partial charge in [-0.25, -0.2) is 0 Å². The van der Waals surface area contributed by atoms with Crippen molar-refractivity contribution in [2.75, 3.05) is 5.75 Å². The molecule has 0 aliphatic carbocycles. The third kappa shape index (κ3) is 3.38. The third-order valence-electron chi connectivity index (χ3n) is 2.42. The van der Waals surface area contributed by atoms with Crippen LogP contribution in [0.5, 0.6) is 0 Å². The van der Waals surface area contributed by atoms with Gasteiger partial charge in [0.2, 0.25) is 0 Å². The maximum atomic E-state index is 12.1. The third-order valence-corrected chi connectivity index (χ3v) is 5.44. The number of hydrogen-bond donors (Lipinski definition) is 0. The van der Waals surface area contributed by atoms with Gasteiger partial charge in [0.15, 0.2) is 5.78 Å². The Bertz CT molecular complexity index is 698. The Morgan fingerprint density at radius 3 is 2.60 bits per heavy atom. The average molecular weight is 374 g/mol. The molecule has 1 aromatic heterocycles. The van der Waals surface area contributed by atoms with Crippen LogP contribution >= 0.6 is 27.3 Å². The molecule has 0 spiro atoms. The summed E-state index contributed by atoms with van der Waals surface area (Å²) in [5.74, 6) is -0.560. The van der Waals surface area contributed by atoms with Crippen molar-refractivity contribution in [3.8, 4) is 0 Å². The standard InChI is InChI=1S/C12H8BrNO4S2/c13-12-6-5-10(19-12)9(15)7-20(18)11-4-2-1-3-8(11)14(16)17/h1-6H,7H2. The molecular formula is C12H8BrNO4S2. The Labute approximate surface area is 129 Å². The number of Topliss-reactive ketones (excluding diaryl/α,β-unsaturated/α-hetero) is 1. The first-order chi connectivity index (χ1) is 9.49. The second kappa shape index (κ2) is 6.38. The first-order valence-electron chi connectivity index (χ1n) is 5.39. The first-order valence-corrected chi connectivity index (χ1v) is 8.32. The highest BCUT2D eigenvalue weighted by Crippen LogP contribution is 2.25. The van der Waals surface area contributed by atoms with Crippen LogP contribution in [0.2, 0.25) is 0 Å². The Morgan fingerprint density at radius 1 is 1.30 bits per heavy atom. The van der Waals surface area contributed by atoms with Crippen molar-refractivity contribution in [2.45, 2.75) is 4.90 Å². The van der Waals surface area contributed by atoms with Crippen molar-refractivity contribution in [3.05, 3.63) is 55.2 Å². The van der Waals surface area contributed by atoms with Crippen LogP contribution < -0.4 is 0 Å². The summed E-state index contributed by atoms with van der Waals surface area (Å²) in [6.07, 6.45) is 0. The molecule has 8 heteroatoms. The number of nitro benzene ring substituents is 1. The van der Waals surface area contributed by atoms with Crippen LogP contribution in [0.3, 0.4) is 0 Å². The maximum Gasteiger partial charge on any atom is 0.285 e. The average Bonchev–Trinajstić information content (AvgIpc) is 2.85. The van der Waals surface area contributed by atoms with E-state index in [-0.39, 0.29) is 22.1 Å². The summed E-state index contributed by atoms with van der Waals surface area (Å²) in [5.41, 5.74) is -0.231. The molecule has 5 nitrogen and oxygen atoms in total. The minimum absolute atomic E-state index is 0.0708. The van der Waals surface area contributed by atoms with E-state index in [9.17, 15) is 19.1 Å². The number of ketones is 1. The van der Waals surface area contributed by atoms with E-state index in [1.807, 2.05) is 0 Å². The molecule has 2 aromatic rings. The van der Waals surface area contributed by atoms with Gasteiger partial charge >= 0.3 is 0 Å². The summed E-state index contributed by atoms with van der Waals surface area (Å²) >= 11 is 4.49. The Hall–Kier alpha value is -1.38. The highest BCUT2D eigenvalue weighted by molar-refractivity contribution is 9.11. The summed E-state index contributed by atoms with van der Waals surface area (Å²) < 4.78 is 12.9. The minimum atomic E-state index is -1.74. The fourth-order valence-corrected chi connectivity index (χ4v) is 4.10. The van der Waals surface area contributed by atoms with E-state index in [0.717, 1.165) is 3.79 Å². The highest BCUT2D eigenvalue weighted by atomic mass is 79.9. The van der Waals surface area contributed by atoms with Crippen LogP contribution in [0.25, 0.3) is 0 Å². The van der Waals surface area contributed by atoms with Gasteiger partial charge in [-0.1, -0.05) is 12.1 Å². The van der Waals surface area contributed by atoms with E-state index in [1.54, 1.807) is 18.2 Å².